The third kappa shape index (κ3) is 9.78. The summed E-state index contributed by atoms with van der Waals surface area (Å²) in [5, 5.41) is 9.68. The largest absolute Gasteiger partial charge is 0.351 e. The van der Waals surface area contributed by atoms with Crippen molar-refractivity contribution in [3.05, 3.63) is 70.2 Å². The highest BCUT2D eigenvalue weighted by molar-refractivity contribution is 6.30. The predicted molar refractivity (Wildman–Crippen MR) is 177 cm³/mol. The molecular formula is C35H50ClN5O3. The van der Waals surface area contributed by atoms with Crippen LogP contribution in [0.4, 0.5) is 0 Å². The first-order chi connectivity index (χ1) is 21.1. The van der Waals surface area contributed by atoms with Gasteiger partial charge in [-0.25, -0.2) is 0 Å². The van der Waals surface area contributed by atoms with Gasteiger partial charge in [0.1, 0.15) is 12.1 Å². The molecule has 2 fully saturated rings. The van der Waals surface area contributed by atoms with Crippen LogP contribution in [0.25, 0.3) is 0 Å². The van der Waals surface area contributed by atoms with Crippen molar-refractivity contribution in [1.82, 2.24) is 25.8 Å². The summed E-state index contributed by atoms with van der Waals surface area (Å²) in [7, 11) is 0. The molecular weight excluding hydrogens is 574 g/mol. The smallest absolute Gasteiger partial charge is 0.251 e. The zero-order chi connectivity index (χ0) is 31.6. The second-order valence-corrected chi connectivity index (χ2v) is 13.3. The Hall–Kier alpha value is -2.94. The Labute approximate surface area is 268 Å². The van der Waals surface area contributed by atoms with E-state index in [0.717, 1.165) is 76.1 Å². The van der Waals surface area contributed by atoms with Crippen LogP contribution in [0.5, 0.6) is 0 Å². The number of benzene rings is 2. The summed E-state index contributed by atoms with van der Waals surface area (Å²) < 4.78 is 0. The second-order valence-electron chi connectivity index (χ2n) is 12.9. The number of nitrogens with zero attached hydrogens (tertiary/aromatic N) is 2. The van der Waals surface area contributed by atoms with Crippen LogP contribution < -0.4 is 16.0 Å². The van der Waals surface area contributed by atoms with E-state index in [4.69, 9.17) is 11.6 Å². The van der Waals surface area contributed by atoms with Crippen LogP contribution >= 0.6 is 11.6 Å². The SMILES string of the molecule is CCN1CCN(Cc2ccc(C(=O)N[C@@H](C)C(=O)N[C@@H](CC(C)C)C(=O)NC3CCCC[C@H]3c3cccc(Cl)c3)cc2)CC1. The molecule has 8 nitrogen and oxygen atoms in total. The van der Waals surface area contributed by atoms with Crippen molar-refractivity contribution in [1.29, 1.82) is 0 Å². The standard InChI is InChI=1S/C35H50ClN5O3/c1-5-40-17-19-41(20-18-40)23-26-13-15-27(16-14-26)34(43)37-25(4)33(42)39-32(21-24(2)3)35(44)38-31-12-7-6-11-30(31)28-9-8-10-29(36)22-28/h8-10,13-16,22,24-25,30-32H,5-7,11-12,17-21,23H2,1-4H3,(H,37,43)(H,38,44)(H,39,42)/t25-,30-,31?,32-/m0/s1. The van der Waals surface area contributed by atoms with E-state index in [2.05, 4.69) is 38.7 Å². The summed E-state index contributed by atoms with van der Waals surface area (Å²) in [6, 6.07) is 13.9. The molecule has 2 aliphatic rings. The summed E-state index contributed by atoms with van der Waals surface area (Å²) in [4.78, 5) is 44.6. The molecule has 0 aromatic heterocycles. The fraction of sp³-hybridized carbons (Fsp3) is 0.571. The molecule has 240 valence electrons. The normalized spacial score (nSPS) is 21.0. The molecule has 9 heteroatoms. The topological polar surface area (TPSA) is 93.8 Å². The summed E-state index contributed by atoms with van der Waals surface area (Å²) in [6.45, 7) is 14.1. The van der Waals surface area contributed by atoms with Crippen molar-refractivity contribution < 1.29 is 14.4 Å². The Morgan fingerprint density at radius 2 is 1.57 bits per heavy atom. The predicted octanol–water partition coefficient (Wildman–Crippen LogP) is 4.97. The lowest BCUT2D eigenvalue weighted by Crippen LogP contribution is -2.55. The molecule has 2 aromatic carbocycles. The van der Waals surface area contributed by atoms with Gasteiger partial charge in [-0.15, -0.1) is 0 Å². The van der Waals surface area contributed by atoms with Crippen LogP contribution in [0.1, 0.15) is 87.2 Å². The van der Waals surface area contributed by atoms with Crippen LogP contribution in [0.2, 0.25) is 5.02 Å². The van der Waals surface area contributed by atoms with Crippen LogP contribution in [0.3, 0.4) is 0 Å². The van der Waals surface area contributed by atoms with Crippen LogP contribution in [0.15, 0.2) is 48.5 Å². The van der Waals surface area contributed by atoms with E-state index in [-0.39, 0.29) is 35.6 Å². The maximum Gasteiger partial charge on any atom is 0.251 e. The summed E-state index contributed by atoms with van der Waals surface area (Å²) >= 11 is 6.27. The summed E-state index contributed by atoms with van der Waals surface area (Å²) in [5.41, 5.74) is 2.80. The molecule has 0 spiro atoms. The summed E-state index contributed by atoms with van der Waals surface area (Å²) in [5.74, 6) is -0.502. The van der Waals surface area contributed by atoms with Gasteiger partial charge in [0.25, 0.3) is 5.91 Å². The fourth-order valence-corrected chi connectivity index (χ4v) is 6.55. The fourth-order valence-electron chi connectivity index (χ4n) is 6.35. The van der Waals surface area contributed by atoms with Crippen molar-refractivity contribution in [2.45, 2.75) is 90.4 Å². The number of carbonyl (C=O) groups is 3. The molecule has 1 heterocycles. The summed E-state index contributed by atoms with van der Waals surface area (Å²) in [6.07, 6.45) is 4.51. The highest BCUT2D eigenvalue weighted by atomic mass is 35.5. The molecule has 1 unspecified atom stereocenters. The molecule has 2 aromatic rings. The molecule has 0 radical (unpaired) electrons. The highest BCUT2D eigenvalue weighted by Crippen LogP contribution is 2.34. The average molecular weight is 624 g/mol. The van der Waals surface area contributed by atoms with Gasteiger partial charge in [-0.2, -0.15) is 0 Å². The Balaban J connectivity index is 1.31. The minimum absolute atomic E-state index is 0.0256. The van der Waals surface area contributed by atoms with Gasteiger partial charge in [0.2, 0.25) is 11.8 Å². The van der Waals surface area contributed by atoms with Gasteiger partial charge in [0, 0.05) is 55.3 Å². The first kappa shape index (κ1) is 33.9. The van der Waals surface area contributed by atoms with Crippen molar-refractivity contribution in [2.24, 2.45) is 5.92 Å². The van der Waals surface area contributed by atoms with E-state index in [9.17, 15) is 14.4 Å². The van der Waals surface area contributed by atoms with Gasteiger partial charge in [-0.05, 0) is 74.0 Å². The third-order valence-corrected chi connectivity index (χ3v) is 9.22. The van der Waals surface area contributed by atoms with E-state index < -0.39 is 12.1 Å². The number of hydrogen-bond acceptors (Lipinski definition) is 5. The van der Waals surface area contributed by atoms with E-state index in [1.165, 1.54) is 0 Å². The van der Waals surface area contributed by atoms with Crippen molar-refractivity contribution in [2.75, 3.05) is 32.7 Å². The molecule has 44 heavy (non-hydrogen) atoms. The first-order valence-electron chi connectivity index (χ1n) is 16.3. The van der Waals surface area contributed by atoms with Gasteiger partial charge >= 0.3 is 0 Å². The molecule has 1 aliphatic carbocycles. The number of hydrogen-bond donors (Lipinski definition) is 3. The number of amides is 3. The zero-order valence-electron chi connectivity index (χ0n) is 26.8. The Morgan fingerprint density at radius 1 is 0.886 bits per heavy atom. The third-order valence-electron chi connectivity index (χ3n) is 8.99. The molecule has 0 bridgehead atoms. The molecule has 1 aliphatic heterocycles. The molecule has 3 N–H and O–H groups in total. The Morgan fingerprint density at radius 3 is 2.23 bits per heavy atom. The number of nitrogens with one attached hydrogen (secondary N) is 3. The van der Waals surface area contributed by atoms with Gasteiger partial charge in [0.15, 0.2) is 0 Å². The molecule has 1 saturated carbocycles. The van der Waals surface area contributed by atoms with Crippen molar-refractivity contribution in [3.8, 4) is 0 Å². The zero-order valence-corrected chi connectivity index (χ0v) is 27.5. The number of rotatable bonds is 12. The Kier molecular flexibility index (Phi) is 12.6. The number of carbonyl (C=O) groups excluding carboxylic acids is 3. The lowest BCUT2D eigenvalue weighted by atomic mass is 9.80. The van der Waals surface area contributed by atoms with E-state index in [0.29, 0.717) is 17.0 Å². The number of halogens is 1. The first-order valence-corrected chi connectivity index (χ1v) is 16.7. The van der Waals surface area contributed by atoms with E-state index >= 15 is 0 Å². The highest BCUT2D eigenvalue weighted by Gasteiger charge is 2.32. The monoisotopic (exact) mass is 623 g/mol. The lowest BCUT2D eigenvalue weighted by molar-refractivity contribution is -0.130. The lowest BCUT2D eigenvalue weighted by Gasteiger charge is -2.34. The minimum atomic E-state index is -0.798. The van der Waals surface area contributed by atoms with Crippen molar-refractivity contribution >= 4 is 29.3 Å². The minimum Gasteiger partial charge on any atom is -0.351 e. The molecule has 4 rings (SSSR count). The van der Waals surface area contributed by atoms with Gasteiger partial charge < -0.3 is 20.9 Å². The van der Waals surface area contributed by atoms with Crippen molar-refractivity contribution in [3.63, 3.8) is 0 Å². The Bertz CT molecular complexity index is 1250. The van der Waals surface area contributed by atoms with Crippen LogP contribution in [-0.4, -0.2) is 78.4 Å². The average Bonchev–Trinajstić information content (AvgIpc) is 3.01. The van der Waals surface area contributed by atoms with Crippen LogP contribution in [-0.2, 0) is 16.1 Å². The number of likely N-dealkylation sites (N-methyl/N-ethyl adjacent to an activating group) is 1. The van der Waals surface area contributed by atoms with Crippen LogP contribution in [0, 0.1) is 5.92 Å². The van der Waals surface area contributed by atoms with E-state index in [1.54, 1.807) is 6.92 Å². The molecule has 4 atom stereocenters. The van der Waals surface area contributed by atoms with E-state index in [1.807, 2.05) is 56.3 Å². The quantitative estimate of drug-likeness (QED) is 0.311. The second kappa shape index (κ2) is 16.4. The molecule has 1 saturated heterocycles. The maximum absolute atomic E-state index is 13.6. The van der Waals surface area contributed by atoms with Gasteiger partial charge in [-0.1, -0.05) is 69.5 Å². The molecule has 3 amide bonds. The maximum atomic E-state index is 13.6. The number of piperazine rings is 1. The van der Waals surface area contributed by atoms with Gasteiger partial charge in [0.05, 0.1) is 0 Å². The van der Waals surface area contributed by atoms with Gasteiger partial charge in [-0.3, -0.25) is 19.3 Å².